The Kier molecular flexibility index (Phi) is 6.16. The van der Waals surface area contributed by atoms with E-state index in [1.54, 1.807) is 11.9 Å². The molecule has 5 nitrogen and oxygen atoms in total. The van der Waals surface area contributed by atoms with Gasteiger partial charge in [0.25, 0.3) is 0 Å². The van der Waals surface area contributed by atoms with Crippen molar-refractivity contribution in [2.45, 2.75) is 38.7 Å². The first kappa shape index (κ1) is 17.5. The second kappa shape index (κ2) is 8.11. The lowest BCUT2D eigenvalue weighted by atomic mass is 10.1. The Hall–Kier alpha value is -1.88. The number of amides is 2. The molecule has 2 rings (SSSR count). The van der Waals surface area contributed by atoms with Crippen LogP contribution in [-0.2, 0) is 16.0 Å². The third-order valence-corrected chi connectivity index (χ3v) is 4.33. The van der Waals surface area contributed by atoms with Gasteiger partial charge in [0, 0.05) is 26.6 Å². The first-order valence-electron chi connectivity index (χ1n) is 8.21. The Bertz CT molecular complexity index is 551. The van der Waals surface area contributed by atoms with Gasteiger partial charge < -0.3 is 14.9 Å². The number of carbonyl (C=O) groups is 2. The van der Waals surface area contributed by atoms with Gasteiger partial charge in [-0.15, -0.1) is 0 Å². The Morgan fingerprint density at radius 2 is 2.00 bits per heavy atom. The minimum atomic E-state index is -0.298. The van der Waals surface area contributed by atoms with Crippen LogP contribution in [0.25, 0.3) is 0 Å². The summed E-state index contributed by atoms with van der Waals surface area (Å²) in [6, 6.07) is 8.13. The van der Waals surface area contributed by atoms with Crippen LogP contribution in [0.15, 0.2) is 24.3 Å². The van der Waals surface area contributed by atoms with Crippen molar-refractivity contribution < 1.29 is 14.7 Å². The van der Waals surface area contributed by atoms with E-state index in [0.29, 0.717) is 38.8 Å². The Morgan fingerprint density at radius 3 is 2.65 bits per heavy atom. The van der Waals surface area contributed by atoms with Crippen molar-refractivity contribution >= 4 is 11.8 Å². The summed E-state index contributed by atoms with van der Waals surface area (Å²) in [5.74, 6) is -0.0554. The summed E-state index contributed by atoms with van der Waals surface area (Å²) in [6.45, 7) is 3.30. The number of likely N-dealkylation sites (tertiary alicyclic amines) is 1. The molecule has 0 unspecified atom stereocenters. The van der Waals surface area contributed by atoms with Crippen LogP contribution in [0, 0.1) is 6.92 Å². The molecule has 1 aliphatic heterocycles. The number of carbonyl (C=O) groups excluding carboxylic acids is 2. The van der Waals surface area contributed by atoms with Crippen molar-refractivity contribution in [3.63, 3.8) is 0 Å². The maximum atomic E-state index is 12.2. The minimum Gasteiger partial charge on any atom is -0.393 e. The van der Waals surface area contributed by atoms with Crippen LogP contribution in [0.1, 0.15) is 30.4 Å². The van der Waals surface area contributed by atoms with Gasteiger partial charge in [-0.3, -0.25) is 9.59 Å². The van der Waals surface area contributed by atoms with Gasteiger partial charge in [0.2, 0.25) is 11.8 Å². The number of aryl methyl sites for hydroxylation is 2. The van der Waals surface area contributed by atoms with Crippen molar-refractivity contribution in [2.75, 3.05) is 26.7 Å². The average Bonchev–Trinajstić information content (AvgIpc) is 2.53. The minimum absolute atomic E-state index is 0.0168. The zero-order valence-electron chi connectivity index (χ0n) is 14.0. The molecule has 23 heavy (non-hydrogen) atoms. The normalized spacial score (nSPS) is 15.5. The summed E-state index contributed by atoms with van der Waals surface area (Å²) in [7, 11) is 1.68. The van der Waals surface area contributed by atoms with E-state index in [4.69, 9.17) is 0 Å². The largest absolute Gasteiger partial charge is 0.393 e. The van der Waals surface area contributed by atoms with Gasteiger partial charge in [-0.25, -0.2) is 0 Å². The second-order valence-electron chi connectivity index (χ2n) is 6.35. The molecule has 1 saturated heterocycles. The molecule has 0 atom stereocenters. The average molecular weight is 318 g/mol. The van der Waals surface area contributed by atoms with Crippen molar-refractivity contribution in [1.82, 2.24) is 9.80 Å². The molecule has 0 spiro atoms. The van der Waals surface area contributed by atoms with Gasteiger partial charge in [-0.1, -0.05) is 29.8 Å². The molecule has 1 aliphatic rings. The zero-order valence-corrected chi connectivity index (χ0v) is 14.0. The molecule has 2 amide bonds. The highest BCUT2D eigenvalue weighted by atomic mass is 16.3. The molecule has 1 fully saturated rings. The van der Waals surface area contributed by atoms with E-state index in [2.05, 4.69) is 6.07 Å². The third-order valence-electron chi connectivity index (χ3n) is 4.33. The SMILES string of the molecule is Cc1cccc(CCC(=O)N(C)CC(=O)N2CCC(O)CC2)c1. The van der Waals surface area contributed by atoms with Gasteiger partial charge in [-0.2, -0.15) is 0 Å². The predicted octanol–water partition coefficient (Wildman–Crippen LogP) is 1.37. The number of benzene rings is 1. The standard InChI is InChI=1S/C18H26N2O3/c1-14-4-3-5-15(12-14)6-7-17(22)19(2)13-18(23)20-10-8-16(21)9-11-20/h3-5,12,16,21H,6-11,13H2,1-2H3. The van der Waals surface area contributed by atoms with E-state index >= 15 is 0 Å². The number of hydrogen-bond acceptors (Lipinski definition) is 3. The summed E-state index contributed by atoms with van der Waals surface area (Å²) >= 11 is 0. The Balaban J connectivity index is 1.77. The highest BCUT2D eigenvalue weighted by Crippen LogP contribution is 2.11. The summed E-state index contributed by atoms with van der Waals surface area (Å²) in [6.07, 6.45) is 2.04. The molecule has 0 aromatic heterocycles. The van der Waals surface area contributed by atoms with Crippen LogP contribution in [0.3, 0.4) is 0 Å². The zero-order chi connectivity index (χ0) is 16.8. The van der Waals surface area contributed by atoms with Gasteiger partial charge >= 0.3 is 0 Å². The van der Waals surface area contributed by atoms with Crippen LogP contribution in [0.2, 0.25) is 0 Å². The molecule has 0 saturated carbocycles. The molecule has 0 bridgehead atoms. The number of aliphatic hydroxyl groups excluding tert-OH is 1. The van der Waals surface area contributed by atoms with Gasteiger partial charge in [-0.05, 0) is 31.7 Å². The quantitative estimate of drug-likeness (QED) is 0.892. The van der Waals surface area contributed by atoms with E-state index in [1.165, 1.54) is 10.5 Å². The molecule has 0 radical (unpaired) electrons. The van der Waals surface area contributed by atoms with Crippen molar-refractivity contribution in [2.24, 2.45) is 0 Å². The lowest BCUT2D eigenvalue weighted by Gasteiger charge is -2.31. The molecule has 1 aromatic rings. The van der Waals surface area contributed by atoms with E-state index in [9.17, 15) is 14.7 Å². The van der Waals surface area contributed by atoms with Crippen molar-refractivity contribution in [1.29, 1.82) is 0 Å². The molecular formula is C18H26N2O3. The predicted molar refractivity (Wildman–Crippen MR) is 89.0 cm³/mol. The Morgan fingerprint density at radius 1 is 1.30 bits per heavy atom. The van der Waals surface area contributed by atoms with Gasteiger partial charge in [0.15, 0.2) is 0 Å². The highest BCUT2D eigenvalue weighted by Gasteiger charge is 2.23. The maximum absolute atomic E-state index is 12.2. The molecule has 5 heteroatoms. The van der Waals surface area contributed by atoms with E-state index in [1.807, 2.05) is 25.1 Å². The van der Waals surface area contributed by atoms with Crippen molar-refractivity contribution in [3.05, 3.63) is 35.4 Å². The molecular weight excluding hydrogens is 292 g/mol. The topological polar surface area (TPSA) is 60.9 Å². The third kappa shape index (κ3) is 5.36. The Labute approximate surface area is 137 Å². The fraction of sp³-hybridized carbons (Fsp3) is 0.556. The molecule has 1 N–H and O–H groups in total. The van der Waals surface area contributed by atoms with Crippen LogP contribution in [0.4, 0.5) is 0 Å². The van der Waals surface area contributed by atoms with Gasteiger partial charge in [0.1, 0.15) is 0 Å². The lowest BCUT2D eigenvalue weighted by Crippen LogP contribution is -2.45. The monoisotopic (exact) mass is 318 g/mol. The van der Waals surface area contributed by atoms with Crippen molar-refractivity contribution in [3.8, 4) is 0 Å². The smallest absolute Gasteiger partial charge is 0.242 e. The van der Waals surface area contributed by atoms with Crippen LogP contribution >= 0.6 is 0 Å². The number of likely N-dealkylation sites (N-methyl/N-ethyl adjacent to an activating group) is 1. The molecule has 1 aromatic carbocycles. The first-order valence-corrected chi connectivity index (χ1v) is 8.21. The summed E-state index contributed by atoms with van der Waals surface area (Å²) in [5, 5.41) is 9.47. The molecule has 126 valence electrons. The number of rotatable bonds is 5. The summed E-state index contributed by atoms with van der Waals surface area (Å²) in [5.41, 5.74) is 2.33. The van der Waals surface area contributed by atoms with Crippen LogP contribution in [0.5, 0.6) is 0 Å². The number of nitrogens with zero attached hydrogens (tertiary/aromatic N) is 2. The fourth-order valence-corrected chi connectivity index (χ4v) is 2.82. The van der Waals surface area contributed by atoms with Gasteiger partial charge in [0.05, 0.1) is 12.6 Å². The van der Waals surface area contributed by atoms with Crippen LogP contribution in [-0.4, -0.2) is 59.5 Å². The highest BCUT2D eigenvalue weighted by molar-refractivity contribution is 5.84. The lowest BCUT2D eigenvalue weighted by molar-refractivity contribution is -0.140. The number of aliphatic hydroxyl groups is 1. The fourth-order valence-electron chi connectivity index (χ4n) is 2.82. The summed E-state index contributed by atoms with van der Waals surface area (Å²) in [4.78, 5) is 27.6. The maximum Gasteiger partial charge on any atom is 0.242 e. The second-order valence-corrected chi connectivity index (χ2v) is 6.35. The summed E-state index contributed by atoms with van der Waals surface area (Å²) < 4.78 is 0. The molecule has 1 heterocycles. The number of hydrogen-bond donors (Lipinski definition) is 1. The first-order chi connectivity index (χ1) is 11.0. The van der Waals surface area contributed by atoms with E-state index in [-0.39, 0.29) is 24.5 Å². The number of piperidine rings is 1. The van der Waals surface area contributed by atoms with Crippen LogP contribution < -0.4 is 0 Å². The molecule has 0 aliphatic carbocycles. The van der Waals surface area contributed by atoms with E-state index in [0.717, 1.165) is 5.56 Å². The van der Waals surface area contributed by atoms with E-state index < -0.39 is 0 Å².